The van der Waals surface area contributed by atoms with Crippen molar-refractivity contribution in [3.05, 3.63) is 53.6 Å². The second kappa shape index (κ2) is 10.8. The number of likely N-dealkylation sites (N-methyl/N-ethyl adjacent to an activating group) is 1. The molecule has 8 nitrogen and oxygen atoms in total. The minimum absolute atomic E-state index is 0.0435. The van der Waals surface area contributed by atoms with Crippen molar-refractivity contribution in [2.75, 3.05) is 32.5 Å². The van der Waals surface area contributed by atoms with Crippen LogP contribution in [0, 0.1) is 12.7 Å². The maximum absolute atomic E-state index is 13.5. The van der Waals surface area contributed by atoms with Crippen LogP contribution >= 0.6 is 0 Å². The van der Waals surface area contributed by atoms with Crippen molar-refractivity contribution >= 4 is 12.0 Å². The van der Waals surface area contributed by atoms with Gasteiger partial charge in [0.05, 0.1) is 17.8 Å². The lowest BCUT2D eigenvalue weighted by molar-refractivity contribution is 0.146. The number of urea groups is 1. The molecule has 0 radical (unpaired) electrons. The number of alkyl halides is 2. The van der Waals surface area contributed by atoms with Crippen LogP contribution < -0.4 is 15.8 Å². The van der Waals surface area contributed by atoms with Crippen LogP contribution in [0.5, 0.6) is 5.88 Å². The van der Waals surface area contributed by atoms with Gasteiger partial charge in [-0.25, -0.2) is 22.9 Å². The van der Waals surface area contributed by atoms with Gasteiger partial charge in [-0.05, 0) is 55.8 Å². The number of carbonyl (C=O) groups is 1. The summed E-state index contributed by atoms with van der Waals surface area (Å²) in [5.74, 6) is -0.520. The number of aromatic nitrogens is 3. The van der Waals surface area contributed by atoms with Gasteiger partial charge in [-0.15, -0.1) is 0 Å². The van der Waals surface area contributed by atoms with E-state index >= 15 is 0 Å². The number of amides is 2. The van der Waals surface area contributed by atoms with Crippen LogP contribution in [-0.2, 0) is 0 Å². The summed E-state index contributed by atoms with van der Waals surface area (Å²) in [5, 5.41) is 2.68. The highest BCUT2D eigenvalue weighted by molar-refractivity contribution is 5.85. The zero-order valence-electron chi connectivity index (χ0n) is 19.0. The number of nitrogens with zero attached hydrogens (tertiary/aromatic N) is 4. The van der Waals surface area contributed by atoms with Crippen molar-refractivity contribution in [3.8, 4) is 28.3 Å². The van der Waals surface area contributed by atoms with E-state index in [2.05, 4.69) is 20.3 Å². The minimum atomic E-state index is -2.79. The molecule has 0 saturated heterocycles. The van der Waals surface area contributed by atoms with E-state index in [-0.39, 0.29) is 36.7 Å². The number of pyridine rings is 1. The number of benzene rings is 1. The van der Waals surface area contributed by atoms with Gasteiger partial charge in [-0.1, -0.05) is 0 Å². The molecular weight excluding hydrogens is 449 g/mol. The molecule has 2 amide bonds. The number of ether oxygens (including phenoxy) is 1. The molecule has 0 aliphatic carbocycles. The maximum atomic E-state index is 13.5. The zero-order valence-corrected chi connectivity index (χ0v) is 19.0. The first kappa shape index (κ1) is 24.7. The Morgan fingerprint density at radius 1 is 1.15 bits per heavy atom. The second-order valence-electron chi connectivity index (χ2n) is 7.45. The molecule has 0 saturated carbocycles. The van der Waals surface area contributed by atoms with Crippen LogP contribution in [0.4, 0.5) is 23.9 Å². The number of nitrogen functional groups attached to an aromatic ring is 1. The van der Waals surface area contributed by atoms with Crippen LogP contribution in [0.25, 0.3) is 22.4 Å². The van der Waals surface area contributed by atoms with Gasteiger partial charge in [0.1, 0.15) is 18.1 Å². The highest BCUT2D eigenvalue weighted by Gasteiger charge is 2.22. The molecular formula is C23H25F3N6O2. The number of nitrogens with two attached hydrogens (primary N) is 1. The summed E-state index contributed by atoms with van der Waals surface area (Å²) in [6.07, 6.45) is -2.79. The van der Waals surface area contributed by atoms with Gasteiger partial charge < -0.3 is 20.7 Å². The minimum Gasteiger partial charge on any atom is -0.475 e. The Kier molecular flexibility index (Phi) is 7.87. The van der Waals surface area contributed by atoms with Gasteiger partial charge in [0.2, 0.25) is 11.8 Å². The van der Waals surface area contributed by atoms with Gasteiger partial charge in [-0.3, -0.25) is 4.98 Å². The van der Waals surface area contributed by atoms with Crippen molar-refractivity contribution < 1.29 is 22.7 Å². The highest BCUT2D eigenvalue weighted by atomic mass is 19.3. The Labute approximate surface area is 195 Å². The molecule has 0 spiro atoms. The molecule has 3 aromatic rings. The summed E-state index contributed by atoms with van der Waals surface area (Å²) in [4.78, 5) is 25.7. The molecule has 3 N–H and O–H groups in total. The van der Waals surface area contributed by atoms with E-state index in [1.807, 2.05) is 0 Å². The molecule has 1 aromatic carbocycles. The highest BCUT2D eigenvalue weighted by Crippen LogP contribution is 2.39. The van der Waals surface area contributed by atoms with Gasteiger partial charge in [0.15, 0.2) is 0 Å². The SMILES string of the molecule is CCNC(=O)N(C)CCOc1nc(N)nc(-c2ccc(F)cc2)c1-c1cc(C)nc(C(F)F)c1. The largest absolute Gasteiger partial charge is 0.475 e. The third-order valence-corrected chi connectivity index (χ3v) is 4.84. The molecule has 0 aliphatic rings. The number of hydrogen-bond donors (Lipinski definition) is 2. The number of aryl methyl sites for hydroxylation is 1. The van der Waals surface area contributed by atoms with Crippen molar-refractivity contribution in [3.63, 3.8) is 0 Å². The lowest BCUT2D eigenvalue weighted by atomic mass is 9.99. The summed E-state index contributed by atoms with van der Waals surface area (Å²) in [5.41, 5.74) is 7.27. The van der Waals surface area contributed by atoms with Gasteiger partial charge in [0, 0.05) is 24.8 Å². The molecule has 2 aromatic heterocycles. The Bertz CT molecular complexity index is 1160. The number of halogens is 3. The van der Waals surface area contributed by atoms with Crippen LogP contribution in [0.15, 0.2) is 36.4 Å². The average molecular weight is 474 g/mol. The lowest BCUT2D eigenvalue weighted by Gasteiger charge is -2.19. The lowest BCUT2D eigenvalue weighted by Crippen LogP contribution is -2.39. The van der Waals surface area contributed by atoms with Crippen LogP contribution in [0.2, 0.25) is 0 Å². The average Bonchev–Trinajstić information content (AvgIpc) is 2.78. The standard InChI is InChI=1S/C23H25F3N6O2/c1-4-28-23(33)32(3)9-10-34-21-18(15-11-13(2)29-17(12-15)20(25)26)19(30-22(27)31-21)14-5-7-16(24)8-6-14/h5-8,11-12,20H,4,9-10H2,1-3H3,(H,28,33)(H2,27,30,31). The van der Waals surface area contributed by atoms with Crippen molar-refractivity contribution in [1.82, 2.24) is 25.2 Å². The Morgan fingerprint density at radius 3 is 2.50 bits per heavy atom. The number of nitrogens with one attached hydrogen (secondary N) is 1. The topological polar surface area (TPSA) is 106 Å². The normalized spacial score (nSPS) is 10.9. The van der Waals surface area contributed by atoms with Crippen molar-refractivity contribution in [2.24, 2.45) is 0 Å². The van der Waals surface area contributed by atoms with E-state index in [4.69, 9.17) is 10.5 Å². The molecule has 34 heavy (non-hydrogen) atoms. The van der Waals surface area contributed by atoms with E-state index in [0.29, 0.717) is 28.9 Å². The predicted octanol–water partition coefficient (Wildman–Crippen LogP) is 4.21. The number of hydrogen-bond acceptors (Lipinski definition) is 6. The molecule has 0 bridgehead atoms. The van der Waals surface area contributed by atoms with E-state index < -0.39 is 17.9 Å². The summed E-state index contributed by atoms with van der Waals surface area (Å²) >= 11 is 0. The molecule has 180 valence electrons. The first-order valence-electron chi connectivity index (χ1n) is 10.5. The smallest absolute Gasteiger partial charge is 0.317 e. The molecule has 0 aliphatic heterocycles. The van der Waals surface area contributed by atoms with E-state index in [1.54, 1.807) is 27.0 Å². The summed E-state index contributed by atoms with van der Waals surface area (Å²) in [6.45, 7) is 4.14. The summed E-state index contributed by atoms with van der Waals surface area (Å²) < 4.78 is 46.3. The van der Waals surface area contributed by atoms with Crippen LogP contribution in [0.3, 0.4) is 0 Å². The number of rotatable bonds is 8. The molecule has 2 heterocycles. The second-order valence-corrected chi connectivity index (χ2v) is 7.45. The molecule has 3 rings (SSSR count). The summed E-state index contributed by atoms with van der Waals surface area (Å²) in [7, 11) is 1.61. The van der Waals surface area contributed by atoms with E-state index in [0.717, 1.165) is 0 Å². The number of carbonyl (C=O) groups excluding carboxylic acids is 1. The zero-order chi connectivity index (χ0) is 24.8. The Balaban J connectivity index is 2.08. The predicted molar refractivity (Wildman–Crippen MR) is 122 cm³/mol. The molecule has 0 unspecified atom stereocenters. The Morgan fingerprint density at radius 2 is 1.85 bits per heavy atom. The first-order chi connectivity index (χ1) is 16.2. The number of anilines is 1. The van der Waals surface area contributed by atoms with Gasteiger partial charge in [-0.2, -0.15) is 4.98 Å². The summed E-state index contributed by atoms with van der Waals surface area (Å²) in [6, 6.07) is 8.05. The quantitative estimate of drug-likeness (QED) is 0.507. The fourth-order valence-electron chi connectivity index (χ4n) is 3.26. The van der Waals surface area contributed by atoms with Crippen LogP contribution in [0.1, 0.15) is 24.7 Å². The Hall–Kier alpha value is -3.89. The first-order valence-corrected chi connectivity index (χ1v) is 10.5. The molecule has 0 atom stereocenters. The van der Waals surface area contributed by atoms with Crippen LogP contribution in [-0.4, -0.2) is 52.6 Å². The monoisotopic (exact) mass is 474 g/mol. The molecule has 0 fully saturated rings. The third-order valence-electron chi connectivity index (χ3n) is 4.84. The third kappa shape index (κ3) is 5.91. The van der Waals surface area contributed by atoms with Crippen molar-refractivity contribution in [2.45, 2.75) is 20.3 Å². The van der Waals surface area contributed by atoms with Crippen molar-refractivity contribution in [1.29, 1.82) is 0 Å². The fraction of sp³-hybridized carbons (Fsp3) is 0.304. The van der Waals surface area contributed by atoms with Gasteiger partial charge in [0.25, 0.3) is 6.43 Å². The van der Waals surface area contributed by atoms with E-state index in [9.17, 15) is 18.0 Å². The van der Waals surface area contributed by atoms with E-state index in [1.165, 1.54) is 35.2 Å². The fourth-order valence-corrected chi connectivity index (χ4v) is 3.26. The van der Waals surface area contributed by atoms with Gasteiger partial charge >= 0.3 is 6.03 Å². The maximum Gasteiger partial charge on any atom is 0.317 e. The molecule has 11 heteroatoms.